The molecule has 114 valence electrons. The zero-order chi connectivity index (χ0) is 16.1. The summed E-state index contributed by atoms with van der Waals surface area (Å²) in [7, 11) is -1.92. The van der Waals surface area contributed by atoms with Gasteiger partial charge in [-0.1, -0.05) is 97.5 Å². The molecule has 0 saturated heterocycles. The number of benzene rings is 4. The Hall–Kier alpha value is -2.64. The third-order valence-electron chi connectivity index (χ3n) is 5.55. The summed E-state index contributed by atoms with van der Waals surface area (Å²) in [6.07, 6.45) is 0. The van der Waals surface area contributed by atoms with E-state index in [1.807, 2.05) is 0 Å². The van der Waals surface area contributed by atoms with E-state index < -0.39 is 8.07 Å². The maximum Gasteiger partial charge on any atom is 0.147 e. The Morgan fingerprint density at radius 2 is 1.08 bits per heavy atom. The molecule has 0 atom stereocenters. The molecule has 0 aliphatic carbocycles. The third-order valence-corrected chi connectivity index (χ3v) is 10.0. The van der Waals surface area contributed by atoms with Gasteiger partial charge < -0.3 is 0 Å². The Balaban J connectivity index is 1.85. The van der Waals surface area contributed by atoms with Crippen LogP contribution in [0.5, 0.6) is 0 Å². The van der Waals surface area contributed by atoms with Crippen LogP contribution < -0.4 is 15.6 Å². The summed E-state index contributed by atoms with van der Waals surface area (Å²) in [5.74, 6) is 0. The highest BCUT2D eigenvalue weighted by atomic mass is 28.3. The molecule has 1 aliphatic rings. The SMILES string of the molecule is C[Si]1(c2ccc3ccccc3c2)c2ccccc2-c2ccccc21. The van der Waals surface area contributed by atoms with E-state index in [0.717, 1.165) is 0 Å². The van der Waals surface area contributed by atoms with Crippen molar-refractivity contribution in [3.8, 4) is 11.1 Å². The van der Waals surface area contributed by atoms with Crippen LogP contribution in [0, 0.1) is 0 Å². The summed E-state index contributed by atoms with van der Waals surface area (Å²) in [6, 6.07) is 33.7. The van der Waals surface area contributed by atoms with Crippen molar-refractivity contribution >= 4 is 34.4 Å². The van der Waals surface area contributed by atoms with E-state index in [4.69, 9.17) is 0 Å². The molecule has 0 aromatic heterocycles. The Kier molecular flexibility index (Phi) is 2.82. The van der Waals surface area contributed by atoms with Gasteiger partial charge in [0.1, 0.15) is 8.07 Å². The predicted octanol–water partition coefficient (Wildman–Crippen LogP) is 3.92. The molecule has 0 bridgehead atoms. The van der Waals surface area contributed by atoms with Crippen molar-refractivity contribution in [1.29, 1.82) is 0 Å². The van der Waals surface area contributed by atoms with Gasteiger partial charge in [0.25, 0.3) is 0 Å². The molecule has 0 fully saturated rings. The monoisotopic (exact) mass is 322 g/mol. The second kappa shape index (κ2) is 4.92. The molecule has 24 heavy (non-hydrogen) atoms. The highest BCUT2D eigenvalue weighted by Gasteiger charge is 2.42. The molecule has 0 radical (unpaired) electrons. The van der Waals surface area contributed by atoms with E-state index in [9.17, 15) is 0 Å². The lowest BCUT2D eigenvalue weighted by atomic mass is 10.1. The molecule has 1 aliphatic heterocycles. The van der Waals surface area contributed by atoms with Crippen molar-refractivity contribution in [3.05, 3.63) is 91.0 Å². The van der Waals surface area contributed by atoms with Crippen molar-refractivity contribution < 1.29 is 0 Å². The molecule has 1 heterocycles. The van der Waals surface area contributed by atoms with Crippen molar-refractivity contribution in [2.45, 2.75) is 6.55 Å². The lowest BCUT2D eigenvalue weighted by molar-refractivity contribution is 1.71. The highest BCUT2D eigenvalue weighted by molar-refractivity contribution is 7.13. The van der Waals surface area contributed by atoms with Gasteiger partial charge in [0.2, 0.25) is 0 Å². The molecular weight excluding hydrogens is 304 g/mol. The van der Waals surface area contributed by atoms with Gasteiger partial charge in [-0.15, -0.1) is 0 Å². The second-order valence-electron chi connectivity index (χ2n) is 6.78. The zero-order valence-corrected chi connectivity index (χ0v) is 14.7. The molecule has 5 rings (SSSR count). The minimum Gasteiger partial charge on any atom is -0.0623 e. The molecule has 4 aromatic rings. The number of rotatable bonds is 1. The van der Waals surface area contributed by atoms with Gasteiger partial charge in [-0.25, -0.2) is 0 Å². The molecule has 0 unspecified atom stereocenters. The molecule has 4 aromatic carbocycles. The fourth-order valence-corrected chi connectivity index (χ4v) is 8.41. The molecule has 0 amide bonds. The molecule has 1 heteroatoms. The topological polar surface area (TPSA) is 0 Å². The minimum atomic E-state index is -1.92. The summed E-state index contributed by atoms with van der Waals surface area (Å²) in [5.41, 5.74) is 2.85. The van der Waals surface area contributed by atoms with Gasteiger partial charge in [-0.3, -0.25) is 0 Å². The van der Waals surface area contributed by atoms with Crippen LogP contribution in [0.3, 0.4) is 0 Å². The number of hydrogen-bond donors (Lipinski definition) is 0. The quantitative estimate of drug-likeness (QED) is 0.466. The van der Waals surface area contributed by atoms with Crippen molar-refractivity contribution in [1.82, 2.24) is 0 Å². The number of hydrogen-bond acceptors (Lipinski definition) is 0. The molecule has 0 nitrogen and oxygen atoms in total. The minimum absolute atomic E-state index is 1.32. The summed E-state index contributed by atoms with van der Waals surface area (Å²) in [4.78, 5) is 0. The average molecular weight is 322 g/mol. The van der Waals surface area contributed by atoms with E-state index in [1.54, 1.807) is 10.4 Å². The second-order valence-corrected chi connectivity index (χ2v) is 10.7. The van der Waals surface area contributed by atoms with Gasteiger partial charge in [-0.2, -0.15) is 0 Å². The maximum absolute atomic E-state index is 2.50. The maximum atomic E-state index is 2.50. The predicted molar refractivity (Wildman–Crippen MR) is 106 cm³/mol. The molecule has 0 spiro atoms. The first-order valence-electron chi connectivity index (χ1n) is 8.47. The molecular formula is C23H18Si. The van der Waals surface area contributed by atoms with Crippen LogP contribution in [-0.4, -0.2) is 8.07 Å². The van der Waals surface area contributed by atoms with E-state index in [-0.39, 0.29) is 0 Å². The van der Waals surface area contributed by atoms with Gasteiger partial charge in [-0.05, 0) is 37.5 Å². The third kappa shape index (κ3) is 1.73. The van der Waals surface area contributed by atoms with E-state index in [2.05, 4.69) is 97.5 Å². The van der Waals surface area contributed by atoms with Gasteiger partial charge in [0.15, 0.2) is 0 Å². The lowest BCUT2D eigenvalue weighted by Gasteiger charge is -2.26. The first-order valence-corrected chi connectivity index (χ1v) is 11.0. The van der Waals surface area contributed by atoms with Crippen molar-refractivity contribution in [2.75, 3.05) is 0 Å². The fourth-order valence-electron chi connectivity index (χ4n) is 4.26. The van der Waals surface area contributed by atoms with Crippen LogP contribution in [0.4, 0.5) is 0 Å². The highest BCUT2D eigenvalue weighted by Crippen LogP contribution is 2.28. The lowest BCUT2D eigenvalue weighted by Crippen LogP contribution is -2.62. The average Bonchev–Trinajstić information content (AvgIpc) is 2.92. The Labute approximate surface area is 143 Å². The molecule has 0 N–H and O–H groups in total. The van der Waals surface area contributed by atoms with Crippen LogP contribution in [0.25, 0.3) is 21.9 Å². The summed E-state index contributed by atoms with van der Waals surface area (Å²) in [6.45, 7) is 2.50. The van der Waals surface area contributed by atoms with Gasteiger partial charge in [0, 0.05) is 0 Å². The van der Waals surface area contributed by atoms with Crippen molar-refractivity contribution in [2.24, 2.45) is 0 Å². The van der Waals surface area contributed by atoms with Crippen LogP contribution in [0.15, 0.2) is 91.0 Å². The van der Waals surface area contributed by atoms with Gasteiger partial charge >= 0.3 is 0 Å². The number of fused-ring (bicyclic) bond motifs is 4. The summed E-state index contributed by atoms with van der Waals surface area (Å²) < 4.78 is 0. The van der Waals surface area contributed by atoms with Crippen LogP contribution in [0.1, 0.15) is 0 Å². The largest absolute Gasteiger partial charge is 0.147 e. The van der Waals surface area contributed by atoms with Crippen LogP contribution >= 0.6 is 0 Å². The van der Waals surface area contributed by atoms with Crippen molar-refractivity contribution in [3.63, 3.8) is 0 Å². The first kappa shape index (κ1) is 13.8. The zero-order valence-electron chi connectivity index (χ0n) is 13.7. The Morgan fingerprint density at radius 3 is 1.75 bits per heavy atom. The summed E-state index contributed by atoms with van der Waals surface area (Å²) >= 11 is 0. The standard InChI is InChI=1S/C23H18Si/c1-24(19-15-14-17-8-2-3-9-18(17)16-19)22-12-6-4-10-20(22)21-11-5-7-13-23(21)24/h2-16H,1H3. The Morgan fingerprint density at radius 1 is 0.542 bits per heavy atom. The van der Waals surface area contributed by atoms with Gasteiger partial charge in [0.05, 0.1) is 0 Å². The molecule has 0 saturated carbocycles. The van der Waals surface area contributed by atoms with E-state index in [0.29, 0.717) is 0 Å². The smallest absolute Gasteiger partial charge is 0.0623 e. The van der Waals surface area contributed by atoms with Crippen LogP contribution in [0.2, 0.25) is 6.55 Å². The normalized spacial score (nSPS) is 14.4. The summed E-state index contributed by atoms with van der Waals surface area (Å²) in [5, 5.41) is 7.24. The first-order chi connectivity index (χ1) is 11.8. The Bertz CT molecular complexity index is 1030. The van der Waals surface area contributed by atoms with E-state index in [1.165, 1.54) is 27.1 Å². The van der Waals surface area contributed by atoms with Crippen LogP contribution in [-0.2, 0) is 0 Å². The fraction of sp³-hybridized carbons (Fsp3) is 0.0435. The van der Waals surface area contributed by atoms with E-state index >= 15 is 0 Å².